The summed E-state index contributed by atoms with van der Waals surface area (Å²) >= 11 is 1.37. The quantitative estimate of drug-likeness (QED) is 0.878. The molecule has 2 fully saturated rings. The largest absolute Gasteiger partial charge is 0.550 e. The lowest BCUT2D eigenvalue weighted by Crippen LogP contribution is -2.43. The van der Waals surface area contributed by atoms with Gasteiger partial charge in [-0.3, -0.25) is 4.79 Å². The number of aliphatic carboxylic acids is 1. The van der Waals surface area contributed by atoms with E-state index in [9.17, 15) is 14.7 Å². The molecule has 0 saturated heterocycles. The molecular formula is C20H21N2O3S-. The maximum Gasteiger partial charge on any atom is 0.230 e. The zero-order valence-electron chi connectivity index (χ0n) is 14.6. The van der Waals surface area contributed by atoms with Crippen LogP contribution in [0.15, 0.2) is 29.6 Å². The van der Waals surface area contributed by atoms with Crippen LogP contribution in [-0.2, 0) is 16.0 Å². The van der Waals surface area contributed by atoms with E-state index in [1.54, 1.807) is 0 Å². The number of carboxylic acids is 1. The van der Waals surface area contributed by atoms with E-state index in [1.807, 2.05) is 17.5 Å². The first-order valence-electron chi connectivity index (χ1n) is 9.13. The second kappa shape index (κ2) is 6.83. The third-order valence-electron chi connectivity index (χ3n) is 5.88. The minimum absolute atomic E-state index is 0.0877. The molecule has 0 radical (unpaired) electrons. The standard InChI is InChI=1S/C20H22N2O3S/c1-2-11-3-5-12(6-4-11)15-10-26-20(21-15)22-18(23)16-13-7-8-14(9-13)17(16)19(24)25/h3-6,10,13-14,16-17H,2,7-9H2,1H3,(H,24,25)(H,21,22,23)/p-1/t13-,14+,16+,17+/m1/s1. The van der Waals surface area contributed by atoms with E-state index in [0.717, 1.165) is 36.9 Å². The first kappa shape index (κ1) is 17.2. The van der Waals surface area contributed by atoms with Crippen LogP contribution in [0.3, 0.4) is 0 Å². The predicted octanol–water partition coefficient (Wildman–Crippen LogP) is 2.72. The number of aryl methyl sites for hydroxylation is 1. The Hall–Kier alpha value is -2.21. The van der Waals surface area contributed by atoms with Crippen molar-refractivity contribution < 1.29 is 14.7 Å². The number of carboxylic acid groups (broad SMARTS) is 1. The van der Waals surface area contributed by atoms with E-state index in [2.05, 4.69) is 29.4 Å². The Morgan fingerprint density at radius 3 is 2.54 bits per heavy atom. The molecule has 0 unspecified atom stereocenters. The van der Waals surface area contributed by atoms with Gasteiger partial charge in [0.25, 0.3) is 0 Å². The molecule has 4 atom stereocenters. The highest BCUT2D eigenvalue weighted by Gasteiger charge is 2.51. The van der Waals surface area contributed by atoms with Crippen molar-refractivity contribution in [3.63, 3.8) is 0 Å². The smallest absolute Gasteiger partial charge is 0.230 e. The molecule has 0 aliphatic heterocycles. The first-order chi connectivity index (χ1) is 12.6. The van der Waals surface area contributed by atoms with Crippen LogP contribution in [0.4, 0.5) is 5.13 Å². The Balaban J connectivity index is 1.48. The van der Waals surface area contributed by atoms with Crippen molar-refractivity contribution in [2.75, 3.05) is 5.32 Å². The van der Waals surface area contributed by atoms with Crippen LogP contribution in [0.25, 0.3) is 11.3 Å². The Morgan fingerprint density at radius 2 is 1.88 bits per heavy atom. The number of amides is 1. The molecule has 1 amide bonds. The number of fused-ring (bicyclic) bond motifs is 2. The van der Waals surface area contributed by atoms with E-state index in [0.29, 0.717) is 5.13 Å². The predicted molar refractivity (Wildman–Crippen MR) is 98.4 cm³/mol. The number of rotatable bonds is 5. The lowest BCUT2D eigenvalue weighted by Gasteiger charge is -2.30. The molecule has 26 heavy (non-hydrogen) atoms. The van der Waals surface area contributed by atoms with E-state index in [1.165, 1.54) is 16.9 Å². The molecule has 1 aromatic heterocycles. The van der Waals surface area contributed by atoms with Gasteiger partial charge in [-0.25, -0.2) is 4.98 Å². The second-order valence-corrected chi connectivity index (χ2v) is 8.14. The highest BCUT2D eigenvalue weighted by molar-refractivity contribution is 7.14. The number of nitrogens with zero attached hydrogens (tertiary/aromatic N) is 1. The number of hydrogen-bond donors (Lipinski definition) is 1. The van der Waals surface area contributed by atoms with Crippen molar-refractivity contribution in [2.45, 2.75) is 32.6 Å². The molecule has 1 heterocycles. The van der Waals surface area contributed by atoms with Crippen molar-refractivity contribution in [1.82, 2.24) is 4.98 Å². The van der Waals surface area contributed by atoms with Gasteiger partial charge in [0.1, 0.15) is 0 Å². The third-order valence-corrected chi connectivity index (χ3v) is 6.64. The minimum Gasteiger partial charge on any atom is -0.550 e. The molecule has 5 nitrogen and oxygen atoms in total. The molecule has 2 aromatic rings. The summed E-state index contributed by atoms with van der Waals surface area (Å²) in [5.41, 5.74) is 3.09. The molecule has 1 N–H and O–H groups in total. The van der Waals surface area contributed by atoms with Crippen molar-refractivity contribution in [3.05, 3.63) is 35.2 Å². The summed E-state index contributed by atoms with van der Waals surface area (Å²) in [5, 5.41) is 16.8. The summed E-state index contributed by atoms with van der Waals surface area (Å²) < 4.78 is 0. The van der Waals surface area contributed by atoms with Crippen molar-refractivity contribution in [1.29, 1.82) is 0 Å². The molecule has 136 valence electrons. The Labute approximate surface area is 156 Å². The topological polar surface area (TPSA) is 82.1 Å². The van der Waals surface area contributed by atoms with Gasteiger partial charge in [0, 0.05) is 28.7 Å². The lowest BCUT2D eigenvalue weighted by atomic mass is 9.79. The second-order valence-electron chi connectivity index (χ2n) is 7.28. The molecule has 2 bridgehead atoms. The summed E-state index contributed by atoms with van der Waals surface area (Å²) in [4.78, 5) is 28.7. The van der Waals surface area contributed by atoms with Gasteiger partial charge in [0.2, 0.25) is 5.91 Å². The number of nitrogens with one attached hydrogen (secondary N) is 1. The molecule has 2 aliphatic rings. The van der Waals surface area contributed by atoms with Crippen LogP contribution in [0.2, 0.25) is 0 Å². The van der Waals surface area contributed by atoms with Crippen LogP contribution < -0.4 is 10.4 Å². The molecule has 2 aliphatic carbocycles. The van der Waals surface area contributed by atoms with Gasteiger partial charge in [-0.1, -0.05) is 31.2 Å². The van der Waals surface area contributed by atoms with E-state index < -0.39 is 17.8 Å². The fraction of sp³-hybridized carbons (Fsp3) is 0.450. The minimum atomic E-state index is -1.09. The number of carbonyl (C=O) groups excluding carboxylic acids is 2. The normalized spacial score (nSPS) is 26.8. The number of anilines is 1. The highest BCUT2D eigenvalue weighted by Crippen LogP contribution is 2.52. The first-order valence-corrected chi connectivity index (χ1v) is 10.0. The fourth-order valence-electron chi connectivity index (χ4n) is 4.57. The number of aromatic nitrogens is 1. The number of benzene rings is 1. The number of thiazole rings is 1. The van der Waals surface area contributed by atoms with Gasteiger partial charge >= 0.3 is 0 Å². The Morgan fingerprint density at radius 1 is 1.19 bits per heavy atom. The SMILES string of the molecule is CCc1ccc(-c2csc(NC(=O)[C@H]3[C@@H]4CC[C@@H](C4)[C@@H]3C(=O)[O-])n2)cc1. The number of hydrogen-bond acceptors (Lipinski definition) is 5. The average molecular weight is 369 g/mol. The maximum absolute atomic E-state index is 12.7. The molecule has 6 heteroatoms. The summed E-state index contributed by atoms with van der Waals surface area (Å²) in [7, 11) is 0. The van der Waals surface area contributed by atoms with Crippen LogP contribution in [0.5, 0.6) is 0 Å². The molecule has 2 saturated carbocycles. The monoisotopic (exact) mass is 369 g/mol. The average Bonchev–Trinajstić information content (AvgIpc) is 3.37. The van der Waals surface area contributed by atoms with Gasteiger partial charge in [-0.05, 0) is 43.1 Å². The van der Waals surface area contributed by atoms with Crippen LogP contribution in [0.1, 0.15) is 31.7 Å². The molecule has 0 spiro atoms. The summed E-state index contributed by atoms with van der Waals surface area (Å²) in [6, 6.07) is 8.21. The Bertz CT molecular complexity index is 830. The van der Waals surface area contributed by atoms with Crippen molar-refractivity contribution in [3.8, 4) is 11.3 Å². The summed E-state index contributed by atoms with van der Waals surface area (Å²) in [6.07, 6.45) is 3.63. The van der Waals surface area contributed by atoms with Crippen LogP contribution in [0, 0.1) is 23.7 Å². The zero-order chi connectivity index (χ0) is 18.3. The maximum atomic E-state index is 12.7. The third kappa shape index (κ3) is 3.03. The van der Waals surface area contributed by atoms with Crippen molar-refractivity contribution >= 4 is 28.3 Å². The highest BCUT2D eigenvalue weighted by atomic mass is 32.1. The van der Waals surface area contributed by atoms with Crippen molar-refractivity contribution in [2.24, 2.45) is 23.7 Å². The van der Waals surface area contributed by atoms with Gasteiger partial charge in [0.15, 0.2) is 5.13 Å². The fourth-order valence-corrected chi connectivity index (χ4v) is 5.29. The van der Waals surface area contributed by atoms with Crippen LogP contribution in [-0.4, -0.2) is 16.9 Å². The van der Waals surface area contributed by atoms with E-state index in [-0.39, 0.29) is 17.7 Å². The Kier molecular flexibility index (Phi) is 4.53. The van der Waals surface area contributed by atoms with E-state index >= 15 is 0 Å². The molecular weight excluding hydrogens is 348 g/mol. The van der Waals surface area contributed by atoms with E-state index in [4.69, 9.17) is 0 Å². The van der Waals surface area contributed by atoms with Gasteiger partial charge in [0.05, 0.1) is 5.69 Å². The van der Waals surface area contributed by atoms with Crippen LogP contribution >= 0.6 is 11.3 Å². The lowest BCUT2D eigenvalue weighted by molar-refractivity contribution is -0.314. The summed E-state index contributed by atoms with van der Waals surface area (Å²) in [6.45, 7) is 2.11. The van der Waals surface area contributed by atoms with Gasteiger partial charge in [-0.2, -0.15) is 0 Å². The summed E-state index contributed by atoms with van der Waals surface area (Å²) in [5.74, 6) is -2.22. The van der Waals surface area contributed by atoms with Gasteiger partial charge in [-0.15, -0.1) is 11.3 Å². The molecule has 1 aromatic carbocycles. The number of carbonyl (C=O) groups is 2. The molecule has 4 rings (SSSR count). The zero-order valence-corrected chi connectivity index (χ0v) is 15.4. The van der Waals surface area contributed by atoms with Gasteiger partial charge < -0.3 is 15.2 Å².